The highest BCUT2D eigenvalue weighted by atomic mass is 79.9. The van der Waals surface area contributed by atoms with Crippen LogP contribution in [0.15, 0.2) is 0 Å². The lowest BCUT2D eigenvalue weighted by molar-refractivity contribution is -0.145. The van der Waals surface area contributed by atoms with Gasteiger partial charge in [-0.25, -0.2) is 0 Å². The average Bonchev–Trinajstić information content (AvgIpc) is 2.44. The maximum absolute atomic E-state index is 11.1. The summed E-state index contributed by atoms with van der Waals surface area (Å²) in [6, 6.07) is 0. The molecule has 0 fully saturated rings. The Hall–Kier alpha value is -0.0500. The standard InChI is InChI=1S/C17H33BrO2/c1-3-4-5-6-7-8-9-10-11-12-13-14-16(2)20-17(19)15-18/h16H,3-15H2,1-2H3. The Morgan fingerprint density at radius 3 is 1.80 bits per heavy atom. The van der Waals surface area contributed by atoms with Crippen molar-refractivity contribution in [2.24, 2.45) is 0 Å². The van der Waals surface area contributed by atoms with E-state index in [-0.39, 0.29) is 12.1 Å². The zero-order chi connectivity index (χ0) is 15.1. The normalized spacial score (nSPS) is 12.3. The lowest BCUT2D eigenvalue weighted by Gasteiger charge is -2.11. The van der Waals surface area contributed by atoms with E-state index in [2.05, 4.69) is 22.9 Å². The molecule has 0 heterocycles. The number of ether oxygens (including phenoxy) is 1. The second-order valence-electron chi connectivity index (χ2n) is 5.76. The number of esters is 1. The van der Waals surface area contributed by atoms with Crippen LogP contribution in [0.5, 0.6) is 0 Å². The fourth-order valence-corrected chi connectivity index (χ4v) is 2.54. The minimum absolute atomic E-state index is 0.0682. The van der Waals surface area contributed by atoms with E-state index in [1.54, 1.807) is 0 Å². The maximum atomic E-state index is 11.1. The quantitative estimate of drug-likeness (QED) is 0.218. The molecule has 3 heteroatoms. The Morgan fingerprint density at radius 2 is 1.35 bits per heavy atom. The van der Waals surface area contributed by atoms with Crippen molar-refractivity contribution in [1.82, 2.24) is 0 Å². The Bertz CT molecular complexity index is 219. The third-order valence-corrected chi connectivity index (χ3v) is 4.11. The van der Waals surface area contributed by atoms with E-state index in [4.69, 9.17) is 4.74 Å². The summed E-state index contributed by atoms with van der Waals surface area (Å²) in [5.41, 5.74) is 0. The molecule has 0 radical (unpaired) electrons. The van der Waals surface area contributed by atoms with Gasteiger partial charge in [-0.2, -0.15) is 0 Å². The second-order valence-corrected chi connectivity index (χ2v) is 6.32. The molecule has 1 unspecified atom stereocenters. The maximum Gasteiger partial charge on any atom is 0.316 e. The van der Waals surface area contributed by atoms with Gasteiger partial charge in [0.2, 0.25) is 0 Å². The molecular formula is C17H33BrO2. The average molecular weight is 349 g/mol. The summed E-state index contributed by atoms with van der Waals surface area (Å²) in [6.07, 6.45) is 16.0. The molecule has 0 aliphatic rings. The highest BCUT2D eigenvalue weighted by Gasteiger charge is 2.07. The molecule has 0 spiro atoms. The van der Waals surface area contributed by atoms with E-state index in [0.717, 1.165) is 6.42 Å². The van der Waals surface area contributed by atoms with Crippen LogP contribution >= 0.6 is 15.9 Å². The van der Waals surface area contributed by atoms with Gasteiger partial charge in [-0.1, -0.05) is 87.1 Å². The summed E-state index contributed by atoms with van der Waals surface area (Å²) in [5, 5.41) is 0.301. The molecule has 0 bridgehead atoms. The van der Waals surface area contributed by atoms with Gasteiger partial charge in [0.05, 0.1) is 6.10 Å². The van der Waals surface area contributed by atoms with Crippen molar-refractivity contribution in [3.05, 3.63) is 0 Å². The van der Waals surface area contributed by atoms with Crippen molar-refractivity contribution in [1.29, 1.82) is 0 Å². The Kier molecular flexibility index (Phi) is 15.3. The highest BCUT2D eigenvalue weighted by molar-refractivity contribution is 9.09. The number of alkyl halides is 1. The molecule has 120 valence electrons. The van der Waals surface area contributed by atoms with Gasteiger partial charge < -0.3 is 4.74 Å². The fraction of sp³-hybridized carbons (Fsp3) is 0.941. The molecule has 0 aliphatic carbocycles. The van der Waals surface area contributed by atoms with Gasteiger partial charge >= 0.3 is 5.97 Å². The van der Waals surface area contributed by atoms with Gasteiger partial charge in [-0.3, -0.25) is 4.79 Å². The predicted octanol–water partition coefficient (Wildman–Crippen LogP) is 6.01. The number of carbonyl (C=O) groups excluding carboxylic acids is 1. The monoisotopic (exact) mass is 348 g/mol. The number of halogens is 1. The van der Waals surface area contributed by atoms with Crippen molar-refractivity contribution in [3.8, 4) is 0 Å². The summed E-state index contributed by atoms with van der Waals surface area (Å²) in [5.74, 6) is -0.152. The SMILES string of the molecule is CCCCCCCCCCCCCC(C)OC(=O)CBr. The molecule has 0 aliphatic heterocycles. The van der Waals surface area contributed by atoms with Crippen LogP contribution in [0.1, 0.15) is 90.9 Å². The molecule has 0 N–H and O–H groups in total. The van der Waals surface area contributed by atoms with Crippen molar-refractivity contribution in [2.75, 3.05) is 5.33 Å². The highest BCUT2D eigenvalue weighted by Crippen LogP contribution is 2.13. The molecule has 0 amide bonds. The first-order valence-corrected chi connectivity index (χ1v) is 9.58. The second kappa shape index (κ2) is 15.3. The molecule has 20 heavy (non-hydrogen) atoms. The molecule has 1 atom stereocenters. The van der Waals surface area contributed by atoms with Gasteiger partial charge in [0.25, 0.3) is 0 Å². The van der Waals surface area contributed by atoms with Crippen molar-refractivity contribution in [2.45, 2.75) is 97.0 Å². The Labute approximate surface area is 134 Å². The number of hydrogen-bond acceptors (Lipinski definition) is 2. The van der Waals surface area contributed by atoms with Crippen LogP contribution in [0.2, 0.25) is 0 Å². The lowest BCUT2D eigenvalue weighted by Crippen LogP contribution is -2.15. The van der Waals surface area contributed by atoms with Crippen LogP contribution in [0.4, 0.5) is 0 Å². The van der Waals surface area contributed by atoms with Crippen molar-refractivity contribution < 1.29 is 9.53 Å². The first kappa shape index (κ1) is 19.9. The Morgan fingerprint density at radius 1 is 0.900 bits per heavy atom. The zero-order valence-electron chi connectivity index (χ0n) is 13.5. The van der Waals surface area contributed by atoms with Crippen molar-refractivity contribution in [3.63, 3.8) is 0 Å². The minimum Gasteiger partial charge on any atom is -0.462 e. The lowest BCUT2D eigenvalue weighted by atomic mass is 10.0. The van der Waals surface area contributed by atoms with Crippen LogP contribution < -0.4 is 0 Å². The van der Waals surface area contributed by atoms with Crippen molar-refractivity contribution >= 4 is 21.9 Å². The van der Waals surface area contributed by atoms with E-state index < -0.39 is 0 Å². The van der Waals surface area contributed by atoms with E-state index in [1.165, 1.54) is 70.6 Å². The molecule has 0 rings (SSSR count). The third kappa shape index (κ3) is 14.4. The predicted molar refractivity (Wildman–Crippen MR) is 90.4 cm³/mol. The largest absolute Gasteiger partial charge is 0.462 e. The minimum atomic E-state index is -0.152. The van der Waals surface area contributed by atoms with Crippen LogP contribution in [0, 0.1) is 0 Å². The van der Waals surface area contributed by atoms with Gasteiger partial charge in [-0.15, -0.1) is 0 Å². The van der Waals surface area contributed by atoms with Gasteiger partial charge in [0.15, 0.2) is 0 Å². The fourth-order valence-electron chi connectivity index (χ4n) is 2.41. The molecule has 0 aromatic rings. The van der Waals surface area contributed by atoms with Crippen LogP contribution in [0.25, 0.3) is 0 Å². The van der Waals surface area contributed by atoms with Gasteiger partial charge in [-0.05, 0) is 19.8 Å². The summed E-state index contributed by atoms with van der Waals surface area (Å²) in [6.45, 7) is 4.25. The van der Waals surface area contributed by atoms with Crippen LogP contribution in [0.3, 0.4) is 0 Å². The topological polar surface area (TPSA) is 26.3 Å². The molecule has 0 saturated carbocycles. The molecule has 0 aromatic carbocycles. The Balaban J connectivity index is 3.14. The van der Waals surface area contributed by atoms with Gasteiger partial charge in [0.1, 0.15) is 5.33 Å². The smallest absolute Gasteiger partial charge is 0.316 e. The summed E-state index contributed by atoms with van der Waals surface area (Å²) in [4.78, 5) is 11.1. The van der Waals surface area contributed by atoms with Crippen LogP contribution in [-0.2, 0) is 9.53 Å². The number of hydrogen-bond donors (Lipinski definition) is 0. The third-order valence-electron chi connectivity index (χ3n) is 3.66. The van der Waals surface area contributed by atoms with E-state index in [1.807, 2.05) is 6.92 Å². The van der Waals surface area contributed by atoms with E-state index >= 15 is 0 Å². The molecule has 0 saturated heterocycles. The molecule has 0 aromatic heterocycles. The van der Waals surface area contributed by atoms with Gasteiger partial charge in [0, 0.05) is 0 Å². The number of carbonyl (C=O) groups is 1. The summed E-state index contributed by atoms with van der Waals surface area (Å²) < 4.78 is 5.21. The molecular weight excluding hydrogens is 316 g/mol. The zero-order valence-corrected chi connectivity index (χ0v) is 15.1. The summed E-state index contributed by atoms with van der Waals surface area (Å²) >= 11 is 3.11. The number of rotatable bonds is 14. The van der Waals surface area contributed by atoms with Crippen LogP contribution in [-0.4, -0.2) is 17.4 Å². The molecule has 2 nitrogen and oxygen atoms in total. The van der Waals surface area contributed by atoms with E-state index in [9.17, 15) is 4.79 Å². The first-order valence-electron chi connectivity index (χ1n) is 8.46. The number of unbranched alkanes of at least 4 members (excludes halogenated alkanes) is 10. The first-order chi connectivity index (χ1) is 9.70. The van der Waals surface area contributed by atoms with E-state index in [0.29, 0.717) is 5.33 Å². The summed E-state index contributed by atoms with van der Waals surface area (Å²) in [7, 11) is 0.